The molecule has 0 aliphatic heterocycles. The molecule has 8 heteroatoms. The summed E-state index contributed by atoms with van der Waals surface area (Å²) in [6, 6.07) is 0.00511. The zero-order valence-corrected chi connectivity index (χ0v) is 10.1. The molecule has 96 valence electrons. The molecule has 0 fully saturated rings. The minimum atomic E-state index is -0.171. The molecular weight excluding hydrogens is 224 g/mol. The number of nitrogen functional groups attached to an aromatic ring is 1. The summed E-state index contributed by atoms with van der Waals surface area (Å²) in [7, 11) is 0. The number of hydrogen-bond donors (Lipinski definition) is 4. The van der Waals surface area contributed by atoms with E-state index in [1.54, 1.807) is 6.92 Å². The molecule has 5 N–H and O–H groups in total. The van der Waals surface area contributed by atoms with Gasteiger partial charge in [0.25, 0.3) is 0 Å². The van der Waals surface area contributed by atoms with E-state index in [0.29, 0.717) is 5.95 Å². The Morgan fingerprint density at radius 3 is 2.41 bits per heavy atom. The third kappa shape index (κ3) is 4.37. The van der Waals surface area contributed by atoms with Crippen LogP contribution in [0.3, 0.4) is 0 Å². The van der Waals surface area contributed by atoms with Crippen LogP contribution in [0, 0.1) is 0 Å². The Kier molecular flexibility index (Phi) is 4.85. The minimum Gasteiger partial charge on any atom is -0.461 e. The summed E-state index contributed by atoms with van der Waals surface area (Å²) in [5, 5.41) is 11.8. The maximum atomic E-state index is 8.93. The van der Waals surface area contributed by atoms with Crippen LogP contribution in [-0.4, -0.2) is 38.8 Å². The predicted octanol–water partition coefficient (Wildman–Crippen LogP) is -0.263. The third-order valence-corrected chi connectivity index (χ3v) is 1.73. The lowest BCUT2D eigenvalue weighted by Gasteiger charge is -2.13. The van der Waals surface area contributed by atoms with E-state index in [4.69, 9.17) is 15.7 Å². The van der Waals surface area contributed by atoms with Gasteiger partial charge in [-0.05, 0) is 20.8 Å². The molecule has 1 aromatic rings. The standard InChI is InChI=1S/C9H18N6O2/c1-5(2)17-9-13-7(11-6(3)4-16)12-8(14-9)15-10/h5-6,16H,4,10H2,1-3H3,(H2,11,12,13,14,15). The van der Waals surface area contributed by atoms with Gasteiger partial charge in [0.05, 0.1) is 12.7 Å². The molecule has 0 spiro atoms. The number of rotatable bonds is 6. The van der Waals surface area contributed by atoms with Crippen molar-refractivity contribution in [2.75, 3.05) is 17.3 Å². The number of anilines is 2. The molecule has 0 saturated carbocycles. The molecule has 0 radical (unpaired) electrons. The Morgan fingerprint density at radius 2 is 1.88 bits per heavy atom. The van der Waals surface area contributed by atoms with Crippen molar-refractivity contribution >= 4 is 11.9 Å². The average molecular weight is 242 g/mol. The SMILES string of the molecule is CC(CO)Nc1nc(NN)nc(OC(C)C)n1. The first-order valence-corrected chi connectivity index (χ1v) is 5.32. The summed E-state index contributed by atoms with van der Waals surface area (Å²) in [5.74, 6) is 5.74. The largest absolute Gasteiger partial charge is 0.461 e. The van der Waals surface area contributed by atoms with E-state index in [2.05, 4.69) is 25.7 Å². The second-order valence-corrected chi connectivity index (χ2v) is 3.80. The second-order valence-electron chi connectivity index (χ2n) is 3.80. The van der Waals surface area contributed by atoms with Gasteiger partial charge in [-0.1, -0.05) is 0 Å². The van der Waals surface area contributed by atoms with Crippen molar-refractivity contribution in [1.82, 2.24) is 15.0 Å². The molecule has 1 unspecified atom stereocenters. The van der Waals surface area contributed by atoms with Crippen molar-refractivity contribution in [3.8, 4) is 6.01 Å². The molecule has 0 saturated heterocycles. The summed E-state index contributed by atoms with van der Waals surface area (Å²) in [6.07, 6.45) is -0.0499. The topological polar surface area (TPSA) is 118 Å². The average Bonchev–Trinajstić information content (AvgIpc) is 2.27. The lowest BCUT2D eigenvalue weighted by molar-refractivity contribution is 0.222. The van der Waals surface area contributed by atoms with Crippen LogP contribution in [0.1, 0.15) is 20.8 Å². The molecule has 8 nitrogen and oxygen atoms in total. The van der Waals surface area contributed by atoms with Crippen LogP contribution in [0.4, 0.5) is 11.9 Å². The highest BCUT2D eigenvalue weighted by molar-refractivity contribution is 5.35. The van der Waals surface area contributed by atoms with Gasteiger partial charge in [-0.25, -0.2) is 5.84 Å². The molecule has 0 aliphatic rings. The number of aliphatic hydroxyl groups is 1. The smallest absolute Gasteiger partial charge is 0.323 e. The van der Waals surface area contributed by atoms with Gasteiger partial charge in [0.1, 0.15) is 0 Å². The molecule has 1 aromatic heterocycles. The zero-order valence-electron chi connectivity index (χ0n) is 10.1. The number of ether oxygens (including phenoxy) is 1. The predicted molar refractivity (Wildman–Crippen MR) is 63.6 cm³/mol. The molecule has 1 heterocycles. The van der Waals surface area contributed by atoms with Gasteiger partial charge in [-0.2, -0.15) is 15.0 Å². The van der Waals surface area contributed by atoms with Crippen LogP contribution in [0.15, 0.2) is 0 Å². The van der Waals surface area contributed by atoms with Gasteiger partial charge in [0, 0.05) is 6.04 Å². The maximum absolute atomic E-state index is 8.93. The monoisotopic (exact) mass is 242 g/mol. The van der Waals surface area contributed by atoms with Gasteiger partial charge < -0.3 is 15.2 Å². The van der Waals surface area contributed by atoms with Crippen LogP contribution in [0.2, 0.25) is 0 Å². The highest BCUT2D eigenvalue weighted by atomic mass is 16.5. The first-order valence-electron chi connectivity index (χ1n) is 5.32. The fourth-order valence-electron chi connectivity index (χ4n) is 1.02. The Hall–Kier alpha value is -1.67. The first-order chi connectivity index (χ1) is 8.05. The molecule has 1 atom stereocenters. The number of aliphatic hydroxyl groups excluding tert-OH is 1. The van der Waals surface area contributed by atoms with E-state index in [1.807, 2.05) is 13.8 Å². The number of nitrogens with two attached hydrogens (primary N) is 1. The Morgan fingerprint density at radius 1 is 1.24 bits per heavy atom. The molecule has 0 amide bonds. The van der Waals surface area contributed by atoms with Gasteiger partial charge in [0.15, 0.2) is 0 Å². The Balaban J connectivity index is 2.88. The second kappa shape index (κ2) is 6.16. The van der Waals surface area contributed by atoms with Gasteiger partial charge in [-0.3, -0.25) is 5.43 Å². The van der Waals surface area contributed by atoms with Gasteiger partial charge in [-0.15, -0.1) is 0 Å². The van der Waals surface area contributed by atoms with Crippen molar-refractivity contribution in [2.45, 2.75) is 32.9 Å². The van der Waals surface area contributed by atoms with Crippen molar-refractivity contribution in [2.24, 2.45) is 5.84 Å². The number of hydrazine groups is 1. The van der Waals surface area contributed by atoms with E-state index >= 15 is 0 Å². The lowest BCUT2D eigenvalue weighted by Crippen LogP contribution is -2.23. The van der Waals surface area contributed by atoms with Crippen LogP contribution in [0.5, 0.6) is 6.01 Å². The van der Waals surface area contributed by atoms with Crippen LogP contribution in [-0.2, 0) is 0 Å². The maximum Gasteiger partial charge on any atom is 0.323 e. The third-order valence-electron chi connectivity index (χ3n) is 1.73. The highest BCUT2D eigenvalue weighted by Crippen LogP contribution is 2.12. The van der Waals surface area contributed by atoms with E-state index in [0.717, 1.165) is 0 Å². The molecular formula is C9H18N6O2. The molecule has 1 rings (SSSR count). The number of nitrogens with one attached hydrogen (secondary N) is 2. The summed E-state index contributed by atoms with van der Waals surface area (Å²) >= 11 is 0. The van der Waals surface area contributed by atoms with E-state index in [-0.39, 0.29) is 30.7 Å². The van der Waals surface area contributed by atoms with Gasteiger partial charge in [0.2, 0.25) is 11.9 Å². The molecule has 0 aromatic carbocycles. The van der Waals surface area contributed by atoms with Crippen LogP contribution in [0.25, 0.3) is 0 Å². The molecule has 17 heavy (non-hydrogen) atoms. The fraction of sp³-hybridized carbons (Fsp3) is 0.667. The Bertz CT molecular complexity index is 359. The summed E-state index contributed by atoms with van der Waals surface area (Å²) < 4.78 is 5.35. The van der Waals surface area contributed by atoms with E-state index in [1.165, 1.54) is 0 Å². The minimum absolute atomic E-state index is 0.0303. The van der Waals surface area contributed by atoms with E-state index < -0.39 is 0 Å². The molecule has 0 bridgehead atoms. The summed E-state index contributed by atoms with van der Waals surface area (Å²) in [6.45, 7) is 5.49. The number of aromatic nitrogens is 3. The van der Waals surface area contributed by atoms with Crippen molar-refractivity contribution in [3.63, 3.8) is 0 Å². The van der Waals surface area contributed by atoms with Crippen molar-refractivity contribution < 1.29 is 9.84 Å². The van der Waals surface area contributed by atoms with E-state index in [9.17, 15) is 0 Å². The summed E-state index contributed by atoms with van der Waals surface area (Å²) in [4.78, 5) is 12.0. The van der Waals surface area contributed by atoms with Gasteiger partial charge >= 0.3 is 6.01 Å². The zero-order chi connectivity index (χ0) is 12.8. The van der Waals surface area contributed by atoms with Crippen LogP contribution >= 0.6 is 0 Å². The number of nitrogens with zero attached hydrogens (tertiary/aromatic N) is 3. The van der Waals surface area contributed by atoms with Crippen LogP contribution < -0.4 is 21.3 Å². The normalized spacial score (nSPS) is 12.4. The Labute approximate surface area is 99.6 Å². The first kappa shape index (κ1) is 13.4. The van der Waals surface area contributed by atoms with Crippen molar-refractivity contribution in [1.29, 1.82) is 0 Å². The number of hydrogen-bond acceptors (Lipinski definition) is 8. The highest BCUT2D eigenvalue weighted by Gasteiger charge is 2.10. The fourth-order valence-corrected chi connectivity index (χ4v) is 1.02. The summed E-state index contributed by atoms with van der Waals surface area (Å²) in [5.41, 5.74) is 2.33. The van der Waals surface area contributed by atoms with Crippen molar-refractivity contribution in [3.05, 3.63) is 0 Å². The molecule has 0 aliphatic carbocycles. The lowest BCUT2D eigenvalue weighted by atomic mass is 10.4. The quantitative estimate of drug-likeness (QED) is 0.398.